The molecule has 0 spiro atoms. The second-order valence-corrected chi connectivity index (χ2v) is 7.82. The van der Waals surface area contributed by atoms with Crippen LogP contribution in [0.4, 0.5) is 5.95 Å². The minimum atomic E-state index is -0.228. The number of anilines is 1. The summed E-state index contributed by atoms with van der Waals surface area (Å²) in [6, 6.07) is 11.2. The van der Waals surface area contributed by atoms with E-state index in [2.05, 4.69) is 20.7 Å². The number of amides is 1. The number of benzene rings is 1. The summed E-state index contributed by atoms with van der Waals surface area (Å²) < 4.78 is 7.42. The molecule has 7 nitrogen and oxygen atoms in total. The van der Waals surface area contributed by atoms with Crippen molar-refractivity contribution in [3.05, 3.63) is 58.0 Å². The fourth-order valence-corrected chi connectivity index (χ4v) is 3.83. The van der Waals surface area contributed by atoms with Crippen LogP contribution in [-0.4, -0.2) is 33.8 Å². The second kappa shape index (κ2) is 9.87. The number of carbonyl (C=O) groups is 1. The first kappa shape index (κ1) is 21.3. The first-order valence-corrected chi connectivity index (χ1v) is 10.3. The summed E-state index contributed by atoms with van der Waals surface area (Å²) in [7, 11) is 1.80. The number of nitrogens with zero attached hydrogens (tertiary/aromatic N) is 3. The Bertz CT molecular complexity index is 938. The molecule has 4 rings (SSSR count). The van der Waals surface area contributed by atoms with Crippen molar-refractivity contribution in [3.8, 4) is 5.75 Å². The molecule has 0 bridgehead atoms. The van der Waals surface area contributed by atoms with Crippen LogP contribution in [0.15, 0.2) is 41.8 Å². The van der Waals surface area contributed by atoms with Crippen LogP contribution >= 0.6 is 23.7 Å². The Balaban J connectivity index is 0.00000240. The quantitative estimate of drug-likeness (QED) is 0.620. The zero-order valence-corrected chi connectivity index (χ0v) is 17.8. The van der Waals surface area contributed by atoms with Crippen molar-refractivity contribution in [2.45, 2.75) is 25.4 Å². The van der Waals surface area contributed by atoms with Crippen LogP contribution < -0.4 is 15.4 Å². The molecule has 2 aromatic heterocycles. The van der Waals surface area contributed by atoms with Gasteiger partial charge in [-0.3, -0.25) is 10.1 Å². The summed E-state index contributed by atoms with van der Waals surface area (Å²) in [6.07, 6.45) is 2.03. The molecule has 0 atom stereocenters. The Labute approximate surface area is 179 Å². The summed E-state index contributed by atoms with van der Waals surface area (Å²) >= 11 is 1.64. The van der Waals surface area contributed by atoms with Gasteiger partial charge in [-0.1, -0.05) is 12.1 Å². The van der Waals surface area contributed by atoms with Crippen molar-refractivity contribution >= 4 is 35.6 Å². The van der Waals surface area contributed by atoms with Crippen molar-refractivity contribution in [3.63, 3.8) is 0 Å². The number of ether oxygens (including phenoxy) is 1. The molecule has 0 radical (unpaired) electrons. The Hall–Kier alpha value is -2.42. The molecule has 29 heavy (non-hydrogen) atoms. The van der Waals surface area contributed by atoms with Gasteiger partial charge in [0.15, 0.2) is 5.82 Å². The van der Waals surface area contributed by atoms with Crippen molar-refractivity contribution in [1.29, 1.82) is 0 Å². The lowest BCUT2D eigenvalue weighted by atomic mass is 9.98. The SMILES string of the molecule is Cl.Cn1nc(C2CCNCC2)nc1NC(=O)c1cccc(OCc2cccs2)c1. The van der Waals surface area contributed by atoms with Crippen molar-refractivity contribution < 1.29 is 9.53 Å². The zero-order valence-electron chi connectivity index (χ0n) is 16.1. The number of carbonyl (C=O) groups excluding carboxylic acids is 1. The van der Waals surface area contributed by atoms with Crippen molar-refractivity contribution in [1.82, 2.24) is 20.1 Å². The minimum absolute atomic E-state index is 0. The lowest BCUT2D eigenvalue weighted by Gasteiger charge is -2.19. The molecule has 9 heteroatoms. The fraction of sp³-hybridized carbons (Fsp3) is 0.350. The highest BCUT2D eigenvalue weighted by Gasteiger charge is 2.21. The van der Waals surface area contributed by atoms with Crippen LogP contribution in [0, 0.1) is 0 Å². The summed E-state index contributed by atoms with van der Waals surface area (Å²) in [4.78, 5) is 18.4. The monoisotopic (exact) mass is 433 g/mol. The largest absolute Gasteiger partial charge is 0.488 e. The summed E-state index contributed by atoms with van der Waals surface area (Å²) in [5, 5.41) is 12.7. The van der Waals surface area contributed by atoms with E-state index in [9.17, 15) is 4.79 Å². The van der Waals surface area contributed by atoms with Gasteiger partial charge in [0, 0.05) is 23.4 Å². The van der Waals surface area contributed by atoms with E-state index in [1.165, 1.54) is 0 Å². The number of nitrogens with one attached hydrogen (secondary N) is 2. The normalized spacial score (nSPS) is 14.2. The van der Waals surface area contributed by atoms with Crippen LogP contribution in [0.25, 0.3) is 0 Å². The van der Waals surface area contributed by atoms with Gasteiger partial charge in [0.05, 0.1) is 0 Å². The van der Waals surface area contributed by atoms with E-state index in [0.29, 0.717) is 29.8 Å². The van der Waals surface area contributed by atoms with Gasteiger partial charge >= 0.3 is 0 Å². The highest BCUT2D eigenvalue weighted by Crippen LogP contribution is 2.23. The van der Waals surface area contributed by atoms with E-state index in [0.717, 1.165) is 36.6 Å². The van der Waals surface area contributed by atoms with E-state index in [1.54, 1.807) is 35.2 Å². The number of halogens is 1. The smallest absolute Gasteiger partial charge is 0.258 e. The molecule has 1 aliphatic heterocycles. The lowest BCUT2D eigenvalue weighted by molar-refractivity contribution is 0.102. The van der Waals surface area contributed by atoms with E-state index in [1.807, 2.05) is 29.6 Å². The van der Waals surface area contributed by atoms with E-state index < -0.39 is 0 Å². The molecule has 1 saturated heterocycles. The van der Waals surface area contributed by atoms with E-state index in [-0.39, 0.29) is 18.3 Å². The molecule has 1 aromatic carbocycles. The molecule has 1 aliphatic rings. The average molecular weight is 434 g/mol. The third-order valence-corrected chi connectivity index (χ3v) is 5.62. The summed E-state index contributed by atoms with van der Waals surface area (Å²) in [6.45, 7) is 2.44. The van der Waals surface area contributed by atoms with Gasteiger partial charge in [-0.25, -0.2) is 4.68 Å². The molecule has 1 amide bonds. The number of piperidine rings is 1. The molecule has 0 aliphatic carbocycles. The molecule has 3 heterocycles. The van der Waals surface area contributed by atoms with Gasteiger partial charge in [-0.15, -0.1) is 23.7 Å². The second-order valence-electron chi connectivity index (χ2n) is 6.79. The Kier molecular flexibility index (Phi) is 7.24. The highest BCUT2D eigenvalue weighted by atomic mass is 35.5. The third kappa shape index (κ3) is 5.35. The fourth-order valence-electron chi connectivity index (χ4n) is 3.22. The van der Waals surface area contributed by atoms with Gasteiger partial charge < -0.3 is 10.1 Å². The third-order valence-electron chi connectivity index (χ3n) is 4.77. The molecule has 1 fully saturated rings. The number of hydrogen-bond donors (Lipinski definition) is 2. The number of aromatic nitrogens is 3. The molecule has 154 valence electrons. The summed E-state index contributed by atoms with van der Waals surface area (Å²) in [5.74, 6) is 2.03. The molecule has 0 saturated carbocycles. The highest BCUT2D eigenvalue weighted by molar-refractivity contribution is 7.09. The molecule has 0 unspecified atom stereocenters. The average Bonchev–Trinajstić information content (AvgIpc) is 3.37. The van der Waals surface area contributed by atoms with Crippen LogP contribution in [0.5, 0.6) is 5.75 Å². The van der Waals surface area contributed by atoms with Crippen LogP contribution in [0.2, 0.25) is 0 Å². The molecule has 3 aromatic rings. The molecular weight excluding hydrogens is 410 g/mol. The van der Waals surface area contributed by atoms with Crippen LogP contribution in [-0.2, 0) is 13.7 Å². The standard InChI is InChI=1S/C20H23N5O2S.ClH/c1-25-20(22-18(24-25)14-7-9-21-10-8-14)23-19(26)15-4-2-5-16(12-15)27-13-17-6-3-11-28-17;/h2-6,11-12,14,21H,7-10,13H2,1H3,(H,22,23,24,26);1H. The topological polar surface area (TPSA) is 81.1 Å². The maximum Gasteiger partial charge on any atom is 0.258 e. The predicted octanol–water partition coefficient (Wildman–Crippen LogP) is 3.60. The van der Waals surface area contributed by atoms with E-state index in [4.69, 9.17) is 4.74 Å². The first-order chi connectivity index (χ1) is 13.7. The van der Waals surface area contributed by atoms with Gasteiger partial charge in [0.2, 0.25) is 5.95 Å². The maximum absolute atomic E-state index is 12.7. The Morgan fingerprint density at radius 3 is 2.90 bits per heavy atom. The van der Waals surface area contributed by atoms with E-state index >= 15 is 0 Å². The first-order valence-electron chi connectivity index (χ1n) is 9.37. The van der Waals surface area contributed by atoms with Gasteiger partial charge in [0.25, 0.3) is 5.91 Å². The molecular formula is C20H24ClN5O2S. The van der Waals surface area contributed by atoms with Gasteiger partial charge in [-0.2, -0.15) is 10.1 Å². The minimum Gasteiger partial charge on any atom is -0.488 e. The van der Waals surface area contributed by atoms with Gasteiger partial charge in [0.1, 0.15) is 12.4 Å². The van der Waals surface area contributed by atoms with Crippen LogP contribution in [0.3, 0.4) is 0 Å². The van der Waals surface area contributed by atoms with Crippen molar-refractivity contribution in [2.24, 2.45) is 7.05 Å². The Morgan fingerprint density at radius 1 is 1.31 bits per heavy atom. The molecule has 2 N–H and O–H groups in total. The number of aryl methyl sites for hydroxylation is 1. The number of hydrogen-bond acceptors (Lipinski definition) is 6. The van der Waals surface area contributed by atoms with Crippen molar-refractivity contribution in [2.75, 3.05) is 18.4 Å². The van der Waals surface area contributed by atoms with Crippen LogP contribution in [0.1, 0.15) is 39.8 Å². The maximum atomic E-state index is 12.7. The predicted molar refractivity (Wildman–Crippen MR) is 116 cm³/mol. The van der Waals surface area contributed by atoms with Gasteiger partial charge in [-0.05, 0) is 55.6 Å². The Morgan fingerprint density at radius 2 is 2.14 bits per heavy atom. The lowest BCUT2D eigenvalue weighted by Crippen LogP contribution is -2.27. The zero-order chi connectivity index (χ0) is 19.3. The number of rotatable bonds is 6. The number of thiophene rings is 1. The summed E-state index contributed by atoms with van der Waals surface area (Å²) in [5.41, 5.74) is 0.523.